The molecule has 2 heterocycles. The highest BCUT2D eigenvalue weighted by atomic mass is 35.5. The highest BCUT2D eigenvalue weighted by Gasteiger charge is 2.55. The molecule has 1 aliphatic rings. The molecule has 8 heteroatoms. The Balaban J connectivity index is 2.61. The van der Waals surface area contributed by atoms with Gasteiger partial charge in [0.1, 0.15) is 12.2 Å². The fourth-order valence-electron chi connectivity index (χ4n) is 2.22. The molecule has 0 bridgehead atoms. The molecule has 0 spiro atoms. The topological polar surface area (TPSA) is 105 Å². The standard InChI is InChI=1S/C12H13ClN2O5/c1-3-12(13)9(18)7(5-16)20-10(12)15-6(2)4-8(17)14-11(15)19/h1,4,7,9-10,16,18H,5H2,2H3,(H,14,17,19)/t7-,9+,10-,12?/m1/s1. The number of H-pyrrole nitrogens is 1. The minimum Gasteiger partial charge on any atom is -0.394 e. The van der Waals surface area contributed by atoms with Crippen LogP contribution in [0.2, 0.25) is 0 Å². The van der Waals surface area contributed by atoms with Gasteiger partial charge in [0.2, 0.25) is 0 Å². The van der Waals surface area contributed by atoms with Crippen LogP contribution in [0.15, 0.2) is 15.7 Å². The maximum Gasteiger partial charge on any atom is 0.330 e. The molecule has 1 saturated heterocycles. The molecule has 0 amide bonds. The van der Waals surface area contributed by atoms with Gasteiger partial charge in [0.05, 0.1) is 6.61 Å². The second-order valence-electron chi connectivity index (χ2n) is 4.52. The molecule has 1 aliphatic heterocycles. The van der Waals surface area contributed by atoms with E-state index < -0.39 is 41.2 Å². The van der Waals surface area contributed by atoms with Crippen molar-refractivity contribution in [1.82, 2.24) is 9.55 Å². The number of halogens is 1. The molecule has 7 nitrogen and oxygen atoms in total. The van der Waals surface area contributed by atoms with Crippen molar-refractivity contribution in [3.8, 4) is 12.3 Å². The van der Waals surface area contributed by atoms with E-state index in [1.54, 1.807) is 0 Å². The van der Waals surface area contributed by atoms with E-state index in [4.69, 9.17) is 27.9 Å². The smallest absolute Gasteiger partial charge is 0.330 e. The Morgan fingerprint density at radius 3 is 2.80 bits per heavy atom. The molecular formula is C12H13ClN2O5. The predicted octanol–water partition coefficient (Wildman–Crippen LogP) is -1.29. The van der Waals surface area contributed by atoms with Gasteiger partial charge in [-0.15, -0.1) is 6.42 Å². The molecule has 20 heavy (non-hydrogen) atoms. The van der Waals surface area contributed by atoms with Gasteiger partial charge in [0.25, 0.3) is 5.56 Å². The van der Waals surface area contributed by atoms with E-state index in [2.05, 4.69) is 10.9 Å². The summed E-state index contributed by atoms with van der Waals surface area (Å²) in [6.07, 6.45) is 1.76. The fraction of sp³-hybridized carbons (Fsp3) is 0.500. The lowest BCUT2D eigenvalue weighted by Crippen LogP contribution is -2.44. The van der Waals surface area contributed by atoms with Crippen molar-refractivity contribution in [1.29, 1.82) is 0 Å². The van der Waals surface area contributed by atoms with Crippen LogP contribution in [0.1, 0.15) is 11.9 Å². The normalized spacial score (nSPS) is 33.0. The van der Waals surface area contributed by atoms with Crippen LogP contribution >= 0.6 is 11.6 Å². The minimum absolute atomic E-state index is 0.273. The Labute approximate surface area is 118 Å². The third kappa shape index (κ3) is 2.07. The van der Waals surface area contributed by atoms with Crippen molar-refractivity contribution in [3.05, 3.63) is 32.6 Å². The van der Waals surface area contributed by atoms with Gasteiger partial charge in [-0.3, -0.25) is 14.3 Å². The molecule has 0 aliphatic carbocycles. The number of aromatic amines is 1. The summed E-state index contributed by atoms with van der Waals surface area (Å²) in [5.41, 5.74) is -1.05. The van der Waals surface area contributed by atoms with E-state index in [1.165, 1.54) is 13.0 Å². The minimum atomic E-state index is -1.72. The summed E-state index contributed by atoms with van der Waals surface area (Å²) >= 11 is 6.19. The molecule has 2 rings (SSSR count). The van der Waals surface area contributed by atoms with Crippen LogP contribution in [0, 0.1) is 19.3 Å². The van der Waals surface area contributed by atoms with Crippen molar-refractivity contribution >= 4 is 11.6 Å². The number of aliphatic hydroxyl groups is 2. The van der Waals surface area contributed by atoms with Gasteiger partial charge < -0.3 is 14.9 Å². The van der Waals surface area contributed by atoms with Crippen molar-refractivity contribution in [2.24, 2.45) is 0 Å². The first-order chi connectivity index (χ1) is 9.35. The van der Waals surface area contributed by atoms with Gasteiger partial charge in [0.15, 0.2) is 11.1 Å². The first-order valence-corrected chi connectivity index (χ1v) is 6.16. The van der Waals surface area contributed by atoms with E-state index in [-0.39, 0.29) is 5.69 Å². The van der Waals surface area contributed by atoms with Crippen molar-refractivity contribution in [2.45, 2.75) is 30.2 Å². The second-order valence-corrected chi connectivity index (χ2v) is 5.14. The van der Waals surface area contributed by atoms with E-state index in [0.717, 1.165) is 4.57 Å². The fourth-order valence-corrected chi connectivity index (χ4v) is 2.51. The van der Waals surface area contributed by atoms with Gasteiger partial charge in [-0.25, -0.2) is 4.79 Å². The summed E-state index contributed by atoms with van der Waals surface area (Å²) < 4.78 is 6.43. The number of hydrogen-bond donors (Lipinski definition) is 3. The van der Waals surface area contributed by atoms with Crippen LogP contribution in [0.4, 0.5) is 0 Å². The van der Waals surface area contributed by atoms with Crippen LogP contribution in [-0.4, -0.2) is 43.5 Å². The predicted molar refractivity (Wildman–Crippen MR) is 70.5 cm³/mol. The van der Waals surface area contributed by atoms with Gasteiger partial charge in [-0.05, 0) is 6.92 Å². The van der Waals surface area contributed by atoms with Crippen LogP contribution < -0.4 is 11.2 Å². The van der Waals surface area contributed by atoms with E-state index in [0.29, 0.717) is 0 Å². The van der Waals surface area contributed by atoms with E-state index in [9.17, 15) is 14.7 Å². The Hall–Kier alpha value is -1.59. The van der Waals surface area contributed by atoms with Gasteiger partial charge in [-0.1, -0.05) is 17.5 Å². The van der Waals surface area contributed by atoms with Crippen LogP contribution in [0.25, 0.3) is 0 Å². The Morgan fingerprint density at radius 2 is 2.30 bits per heavy atom. The Kier molecular flexibility index (Phi) is 3.75. The molecule has 108 valence electrons. The van der Waals surface area contributed by atoms with Gasteiger partial charge in [0, 0.05) is 11.8 Å². The summed E-state index contributed by atoms with van der Waals surface area (Å²) in [5.74, 6) is 2.20. The third-order valence-electron chi connectivity index (χ3n) is 3.25. The maximum absolute atomic E-state index is 11.9. The first-order valence-electron chi connectivity index (χ1n) is 5.78. The summed E-state index contributed by atoms with van der Waals surface area (Å²) in [7, 11) is 0. The van der Waals surface area contributed by atoms with Crippen LogP contribution in [0.5, 0.6) is 0 Å². The first kappa shape index (κ1) is 14.8. The number of nitrogens with zero attached hydrogens (tertiary/aromatic N) is 1. The summed E-state index contributed by atoms with van der Waals surface area (Å²) in [6, 6.07) is 1.18. The average Bonchev–Trinajstić information content (AvgIpc) is 2.63. The highest BCUT2D eigenvalue weighted by molar-refractivity contribution is 6.27. The molecule has 1 aromatic rings. The number of aliphatic hydroxyl groups excluding tert-OH is 2. The molecule has 0 aromatic carbocycles. The molecule has 0 saturated carbocycles. The summed E-state index contributed by atoms with van der Waals surface area (Å²) in [4.78, 5) is 23.5. The quantitative estimate of drug-likeness (QED) is 0.465. The van der Waals surface area contributed by atoms with Gasteiger partial charge in [-0.2, -0.15) is 0 Å². The second kappa shape index (κ2) is 5.07. The number of hydrogen-bond acceptors (Lipinski definition) is 5. The lowest BCUT2D eigenvalue weighted by atomic mass is 9.99. The molecule has 1 aromatic heterocycles. The van der Waals surface area contributed by atoms with Crippen LogP contribution in [0.3, 0.4) is 0 Å². The number of aromatic nitrogens is 2. The molecule has 0 radical (unpaired) electrons. The number of ether oxygens (including phenoxy) is 1. The van der Waals surface area contributed by atoms with Crippen molar-refractivity contribution < 1.29 is 14.9 Å². The Bertz CT molecular complexity index is 676. The molecule has 1 fully saturated rings. The number of terminal acetylenes is 1. The van der Waals surface area contributed by atoms with Crippen molar-refractivity contribution in [2.75, 3.05) is 6.61 Å². The monoisotopic (exact) mass is 300 g/mol. The van der Waals surface area contributed by atoms with E-state index in [1.807, 2.05) is 0 Å². The zero-order chi connectivity index (χ0) is 15.1. The number of nitrogens with one attached hydrogen (secondary N) is 1. The van der Waals surface area contributed by atoms with Crippen molar-refractivity contribution in [3.63, 3.8) is 0 Å². The number of rotatable bonds is 2. The number of aryl methyl sites for hydroxylation is 1. The molecule has 1 unspecified atom stereocenters. The number of alkyl halides is 1. The largest absolute Gasteiger partial charge is 0.394 e. The third-order valence-corrected chi connectivity index (χ3v) is 3.77. The Morgan fingerprint density at radius 1 is 1.65 bits per heavy atom. The molecule has 4 atom stereocenters. The van der Waals surface area contributed by atoms with Gasteiger partial charge >= 0.3 is 5.69 Å². The highest BCUT2D eigenvalue weighted by Crippen LogP contribution is 2.42. The van der Waals surface area contributed by atoms with E-state index >= 15 is 0 Å². The maximum atomic E-state index is 11.9. The SMILES string of the molecule is C#CC1(Cl)[C@@H](O)[C@@H](CO)O[C@H]1n1c(C)cc(=O)[nH]c1=O. The average molecular weight is 301 g/mol. The summed E-state index contributed by atoms with van der Waals surface area (Å²) in [6.45, 7) is 0.997. The zero-order valence-electron chi connectivity index (χ0n) is 10.5. The molecule has 3 N–H and O–H groups in total. The molecular weight excluding hydrogens is 288 g/mol. The summed E-state index contributed by atoms with van der Waals surface area (Å²) in [5, 5.41) is 19.2. The van der Waals surface area contributed by atoms with Crippen LogP contribution in [-0.2, 0) is 4.74 Å². The zero-order valence-corrected chi connectivity index (χ0v) is 11.3. The lowest BCUT2D eigenvalue weighted by molar-refractivity contribution is -0.0471. The lowest BCUT2D eigenvalue weighted by Gasteiger charge is -2.26.